The van der Waals surface area contributed by atoms with E-state index in [1.165, 1.54) is 10.9 Å². The second-order valence-electron chi connectivity index (χ2n) is 4.50. The Labute approximate surface area is 93.1 Å². The second-order valence-corrected chi connectivity index (χ2v) is 4.50. The number of aromatic amines is 1. The Balaban J connectivity index is 1.83. The first kappa shape index (κ1) is 9.46. The Kier molecular flexibility index (Phi) is 1.99. The fraction of sp³-hybridized carbons (Fsp3) is 0.308. The molecule has 16 heavy (non-hydrogen) atoms. The van der Waals surface area contributed by atoms with Crippen LogP contribution in [0.4, 0.5) is 0 Å². The van der Waals surface area contributed by atoms with Crippen molar-refractivity contribution in [2.24, 2.45) is 11.8 Å². The van der Waals surface area contributed by atoms with E-state index in [2.05, 4.69) is 11.1 Å². The number of fused-ring (bicyclic) bond motifs is 1. The van der Waals surface area contributed by atoms with Crippen molar-refractivity contribution in [3.8, 4) is 0 Å². The molecule has 1 fully saturated rings. The van der Waals surface area contributed by atoms with Gasteiger partial charge < -0.3 is 10.1 Å². The molecule has 0 radical (unpaired) electrons. The number of aromatic nitrogens is 1. The van der Waals surface area contributed by atoms with E-state index in [1.807, 2.05) is 24.4 Å². The molecule has 3 heteroatoms. The molecular formula is C13H13NO2. The highest BCUT2D eigenvalue weighted by Gasteiger charge is 2.43. The van der Waals surface area contributed by atoms with Gasteiger partial charge >= 0.3 is 5.97 Å². The molecule has 0 spiro atoms. The quantitative estimate of drug-likeness (QED) is 0.826. The van der Waals surface area contributed by atoms with E-state index >= 15 is 0 Å². The summed E-state index contributed by atoms with van der Waals surface area (Å²) in [5.41, 5.74) is 2.37. The number of carboxylic acids is 1. The maximum Gasteiger partial charge on any atom is 0.306 e. The predicted octanol–water partition coefficient (Wildman–Crippen LogP) is 2.43. The molecule has 3 rings (SSSR count). The molecule has 1 aliphatic carbocycles. The third kappa shape index (κ3) is 1.48. The van der Waals surface area contributed by atoms with Gasteiger partial charge in [0.2, 0.25) is 0 Å². The first-order valence-corrected chi connectivity index (χ1v) is 5.53. The van der Waals surface area contributed by atoms with Crippen LogP contribution in [0.3, 0.4) is 0 Å². The molecule has 1 aliphatic rings. The lowest BCUT2D eigenvalue weighted by Gasteiger charge is -1.97. The van der Waals surface area contributed by atoms with Gasteiger partial charge in [-0.1, -0.05) is 18.2 Å². The van der Waals surface area contributed by atoms with Crippen molar-refractivity contribution in [2.45, 2.75) is 12.8 Å². The Morgan fingerprint density at radius 3 is 3.00 bits per heavy atom. The third-order valence-corrected chi connectivity index (χ3v) is 3.40. The van der Waals surface area contributed by atoms with E-state index in [0.717, 1.165) is 18.4 Å². The van der Waals surface area contributed by atoms with Gasteiger partial charge in [0.15, 0.2) is 0 Å². The van der Waals surface area contributed by atoms with Crippen LogP contribution in [0.15, 0.2) is 30.5 Å². The van der Waals surface area contributed by atoms with E-state index in [4.69, 9.17) is 5.11 Å². The molecule has 1 aromatic heterocycles. The summed E-state index contributed by atoms with van der Waals surface area (Å²) in [6.45, 7) is 0. The fourth-order valence-corrected chi connectivity index (χ4v) is 2.36. The Morgan fingerprint density at radius 2 is 2.25 bits per heavy atom. The lowest BCUT2D eigenvalue weighted by Crippen LogP contribution is -2.00. The fourth-order valence-electron chi connectivity index (χ4n) is 2.36. The van der Waals surface area contributed by atoms with Crippen LogP contribution in [-0.2, 0) is 11.2 Å². The summed E-state index contributed by atoms with van der Waals surface area (Å²) in [7, 11) is 0. The number of H-pyrrole nitrogens is 1. The van der Waals surface area contributed by atoms with Gasteiger partial charge in [-0.3, -0.25) is 4.79 Å². The first-order valence-electron chi connectivity index (χ1n) is 5.53. The van der Waals surface area contributed by atoms with Crippen molar-refractivity contribution < 1.29 is 9.90 Å². The van der Waals surface area contributed by atoms with Crippen LogP contribution in [0.2, 0.25) is 0 Å². The summed E-state index contributed by atoms with van der Waals surface area (Å²) >= 11 is 0. The molecule has 0 aliphatic heterocycles. The number of aliphatic carboxylic acids is 1. The molecule has 1 heterocycles. The standard InChI is InChI=1S/C13H13NO2/c15-13(16)11-6-8(11)5-9-7-14-12-4-2-1-3-10(9)12/h1-4,7-8,11,14H,5-6H2,(H,15,16). The van der Waals surface area contributed by atoms with E-state index in [0.29, 0.717) is 5.92 Å². The summed E-state index contributed by atoms with van der Waals surface area (Å²) in [5.74, 6) is -0.435. The molecular weight excluding hydrogens is 202 g/mol. The van der Waals surface area contributed by atoms with Crippen LogP contribution in [0.1, 0.15) is 12.0 Å². The van der Waals surface area contributed by atoms with E-state index in [-0.39, 0.29) is 5.92 Å². The molecule has 1 aromatic carbocycles. The normalized spacial score (nSPS) is 23.5. The summed E-state index contributed by atoms with van der Waals surface area (Å²) < 4.78 is 0. The lowest BCUT2D eigenvalue weighted by molar-refractivity contribution is -0.138. The van der Waals surface area contributed by atoms with E-state index in [9.17, 15) is 4.79 Å². The molecule has 3 nitrogen and oxygen atoms in total. The van der Waals surface area contributed by atoms with E-state index < -0.39 is 5.97 Å². The minimum absolute atomic E-state index is 0.117. The summed E-state index contributed by atoms with van der Waals surface area (Å²) in [5, 5.41) is 10.1. The van der Waals surface area contributed by atoms with Gasteiger partial charge in [0.1, 0.15) is 0 Å². The van der Waals surface area contributed by atoms with Crippen LogP contribution in [0.25, 0.3) is 10.9 Å². The molecule has 2 N–H and O–H groups in total. The van der Waals surface area contributed by atoms with Crippen molar-refractivity contribution in [1.29, 1.82) is 0 Å². The number of hydrogen-bond donors (Lipinski definition) is 2. The molecule has 2 aromatic rings. The van der Waals surface area contributed by atoms with Crippen molar-refractivity contribution in [1.82, 2.24) is 4.98 Å². The Bertz CT molecular complexity index is 544. The smallest absolute Gasteiger partial charge is 0.306 e. The number of rotatable bonds is 3. The summed E-state index contributed by atoms with van der Waals surface area (Å²) in [6, 6.07) is 8.14. The van der Waals surface area contributed by atoms with Gasteiger partial charge in [-0.25, -0.2) is 0 Å². The molecule has 1 saturated carbocycles. The third-order valence-electron chi connectivity index (χ3n) is 3.40. The maximum absolute atomic E-state index is 10.8. The van der Waals surface area contributed by atoms with Crippen LogP contribution in [-0.4, -0.2) is 16.1 Å². The highest BCUT2D eigenvalue weighted by Crippen LogP contribution is 2.42. The van der Waals surface area contributed by atoms with Crippen LogP contribution in [0, 0.1) is 11.8 Å². The van der Waals surface area contributed by atoms with Gasteiger partial charge in [0.25, 0.3) is 0 Å². The number of para-hydroxylation sites is 1. The molecule has 2 atom stereocenters. The number of carboxylic acid groups (broad SMARTS) is 1. The highest BCUT2D eigenvalue weighted by atomic mass is 16.4. The van der Waals surface area contributed by atoms with Crippen LogP contribution < -0.4 is 0 Å². The van der Waals surface area contributed by atoms with Crippen molar-refractivity contribution in [2.75, 3.05) is 0 Å². The van der Waals surface area contributed by atoms with Gasteiger partial charge in [-0.2, -0.15) is 0 Å². The van der Waals surface area contributed by atoms with E-state index in [1.54, 1.807) is 0 Å². The van der Waals surface area contributed by atoms with Gasteiger partial charge in [-0.15, -0.1) is 0 Å². The number of carbonyl (C=O) groups is 1. The minimum Gasteiger partial charge on any atom is -0.481 e. The first-order chi connectivity index (χ1) is 7.75. The van der Waals surface area contributed by atoms with Gasteiger partial charge in [0.05, 0.1) is 5.92 Å². The van der Waals surface area contributed by atoms with Crippen molar-refractivity contribution in [3.63, 3.8) is 0 Å². The zero-order valence-corrected chi connectivity index (χ0v) is 8.81. The molecule has 82 valence electrons. The zero-order chi connectivity index (χ0) is 11.1. The maximum atomic E-state index is 10.8. The topological polar surface area (TPSA) is 53.1 Å². The second kappa shape index (κ2) is 3.37. The number of benzene rings is 1. The highest BCUT2D eigenvalue weighted by molar-refractivity contribution is 5.83. The SMILES string of the molecule is O=C(O)C1CC1Cc1c[nH]c2ccccc12. The predicted molar refractivity (Wildman–Crippen MR) is 61.2 cm³/mol. The zero-order valence-electron chi connectivity index (χ0n) is 8.81. The number of nitrogens with one attached hydrogen (secondary N) is 1. The van der Waals surface area contributed by atoms with Crippen LogP contribution >= 0.6 is 0 Å². The largest absolute Gasteiger partial charge is 0.481 e. The molecule has 0 bridgehead atoms. The molecule has 2 unspecified atom stereocenters. The lowest BCUT2D eigenvalue weighted by atomic mass is 10.1. The summed E-state index contributed by atoms with van der Waals surface area (Å²) in [4.78, 5) is 14.0. The Morgan fingerprint density at radius 1 is 1.44 bits per heavy atom. The van der Waals surface area contributed by atoms with Crippen molar-refractivity contribution in [3.05, 3.63) is 36.0 Å². The van der Waals surface area contributed by atoms with Gasteiger partial charge in [-0.05, 0) is 30.4 Å². The molecule has 0 saturated heterocycles. The van der Waals surface area contributed by atoms with Crippen LogP contribution in [0.5, 0.6) is 0 Å². The monoisotopic (exact) mass is 215 g/mol. The minimum atomic E-state index is -0.648. The van der Waals surface area contributed by atoms with Gasteiger partial charge in [0, 0.05) is 17.1 Å². The van der Waals surface area contributed by atoms with Crippen molar-refractivity contribution >= 4 is 16.9 Å². The Hall–Kier alpha value is -1.77. The molecule has 0 amide bonds. The number of hydrogen-bond acceptors (Lipinski definition) is 1. The average Bonchev–Trinajstić information content (AvgIpc) is 2.93. The summed E-state index contributed by atoms with van der Waals surface area (Å²) in [6.07, 6.45) is 3.71. The average molecular weight is 215 g/mol.